The Morgan fingerprint density at radius 2 is 1.64 bits per heavy atom. The lowest BCUT2D eigenvalue weighted by atomic mass is 9.99. The predicted molar refractivity (Wildman–Crippen MR) is 87.9 cm³/mol. The first-order valence-electron chi connectivity index (χ1n) is 8.08. The number of hydrogen-bond acceptors (Lipinski definition) is 6. The highest BCUT2D eigenvalue weighted by Gasteiger charge is 2.45. The number of hydroxylamine groups is 1. The van der Waals surface area contributed by atoms with E-state index >= 15 is 0 Å². The first kappa shape index (κ1) is 21.0. The molecule has 0 radical (unpaired) electrons. The topological polar surface area (TPSA) is 114 Å². The number of amides is 2. The van der Waals surface area contributed by atoms with Crippen LogP contribution in [0.5, 0.6) is 0 Å². The van der Waals surface area contributed by atoms with Gasteiger partial charge in [0.05, 0.1) is 13.0 Å². The standard InChI is InChI=1S/C16H28N2O7/c1-14(2,3)23-12(21)17-25-16(9-11(19)20)7-8-18(10-16)13(22)24-15(4,5)6/h7-10H2,1-6H3,(H,17,21)(H,19,20). The van der Waals surface area contributed by atoms with Crippen LogP contribution in [0.4, 0.5) is 9.59 Å². The highest BCUT2D eigenvalue weighted by molar-refractivity contribution is 5.71. The third kappa shape index (κ3) is 7.59. The second-order valence-corrected chi connectivity index (χ2v) is 8.11. The van der Waals surface area contributed by atoms with Crippen LogP contribution < -0.4 is 5.48 Å². The van der Waals surface area contributed by atoms with E-state index in [2.05, 4.69) is 5.48 Å². The number of carboxylic acid groups (broad SMARTS) is 1. The van der Waals surface area contributed by atoms with Crippen molar-refractivity contribution in [1.82, 2.24) is 10.4 Å². The quantitative estimate of drug-likeness (QED) is 0.739. The molecule has 0 aromatic heterocycles. The maximum absolute atomic E-state index is 12.1. The Kier molecular flexibility index (Phi) is 6.28. The van der Waals surface area contributed by atoms with E-state index in [-0.39, 0.29) is 25.9 Å². The van der Waals surface area contributed by atoms with Crippen molar-refractivity contribution in [2.75, 3.05) is 13.1 Å². The average molecular weight is 360 g/mol. The van der Waals surface area contributed by atoms with Gasteiger partial charge in [0, 0.05) is 6.54 Å². The minimum absolute atomic E-state index is 0.00991. The van der Waals surface area contributed by atoms with Gasteiger partial charge >= 0.3 is 18.2 Å². The van der Waals surface area contributed by atoms with Crippen molar-refractivity contribution >= 4 is 18.2 Å². The van der Waals surface area contributed by atoms with Crippen molar-refractivity contribution in [2.24, 2.45) is 0 Å². The molecule has 1 aliphatic heterocycles. The Bertz CT molecular complexity index is 522. The lowest BCUT2D eigenvalue weighted by Gasteiger charge is -2.29. The van der Waals surface area contributed by atoms with Crippen molar-refractivity contribution in [3.8, 4) is 0 Å². The monoisotopic (exact) mass is 360 g/mol. The molecule has 9 nitrogen and oxygen atoms in total. The van der Waals surface area contributed by atoms with E-state index in [0.29, 0.717) is 0 Å². The first-order valence-corrected chi connectivity index (χ1v) is 8.08. The van der Waals surface area contributed by atoms with Gasteiger partial charge in [-0.25, -0.2) is 9.59 Å². The molecule has 2 amide bonds. The summed E-state index contributed by atoms with van der Waals surface area (Å²) in [5.41, 5.74) is -0.483. The maximum Gasteiger partial charge on any atom is 0.431 e. The van der Waals surface area contributed by atoms with Crippen molar-refractivity contribution in [3.63, 3.8) is 0 Å². The van der Waals surface area contributed by atoms with Gasteiger partial charge in [0.2, 0.25) is 0 Å². The van der Waals surface area contributed by atoms with Gasteiger partial charge in [-0.2, -0.15) is 5.48 Å². The largest absolute Gasteiger partial charge is 0.481 e. The summed E-state index contributed by atoms with van der Waals surface area (Å²) in [4.78, 5) is 41.8. The highest BCUT2D eigenvalue weighted by atomic mass is 16.7. The molecule has 144 valence electrons. The van der Waals surface area contributed by atoms with Gasteiger partial charge in [-0.1, -0.05) is 0 Å². The fourth-order valence-electron chi connectivity index (χ4n) is 2.32. The Balaban J connectivity index is 2.73. The Hall–Kier alpha value is -2.03. The first-order chi connectivity index (χ1) is 11.2. The Labute approximate surface area is 147 Å². The van der Waals surface area contributed by atoms with E-state index in [1.54, 1.807) is 41.5 Å². The molecule has 1 fully saturated rings. The molecule has 0 saturated carbocycles. The molecule has 1 rings (SSSR count). The molecule has 0 bridgehead atoms. The summed E-state index contributed by atoms with van der Waals surface area (Å²) in [6.45, 7) is 10.6. The van der Waals surface area contributed by atoms with Crippen molar-refractivity contribution < 1.29 is 33.8 Å². The van der Waals surface area contributed by atoms with Crippen LogP contribution in [0.1, 0.15) is 54.4 Å². The zero-order chi connectivity index (χ0) is 19.5. The molecule has 0 spiro atoms. The molecule has 0 aromatic carbocycles. The fraction of sp³-hybridized carbons (Fsp3) is 0.812. The van der Waals surface area contributed by atoms with Gasteiger partial charge in [0.15, 0.2) is 0 Å². The molecule has 9 heteroatoms. The molecule has 1 saturated heterocycles. The number of carboxylic acids is 1. The molecule has 1 heterocycles. The lowest BCUT2D eigenvalue weighted by molar-refractivity contribution is -0.151. The van der Waals surface area contributed by atoms with Gasteiger partial charge in [-0.15, -0.1) is 0 Å². The molecule has 2 N–H and O–H groups in total. The summed E-state index contributed by atoms with van der Waals surface area (Å²) in [6, 6.07) is 0. The van der Waals surface area contributed by atoms with E-state index in [4.69, 9.17) is 19.4 Å². The fourth-order valence-corrected chi connectivity index (χ4v) is 2.32. The molecule has 1 atom stereocenters. The molecule has 25 heavy (non-hydrogen) atoms. The maximum atomic E-state index is 12.1. The summed E-state index contributed by atoms with van der Waals surface area (Å²) >= 11 is 0. The van der Waals surface area contributed by atoms with E-state index in [1.165, 1.54) is 4.90 Å². The number of likely N-dealkylation sites (tertiary alicyclic amines) is 1. The summed E-state index contributed by atoms with van der Waals surface area (Å²) in [6.07, 6.45) is -1.51. The number of nitrogens with zero attached hydrogens (tertiary/aromatic N) is 1. The van der Waals surface area contributed by atoms with Crippen molar-refractivity contribution in [1.29, 1.82) is 0 Å². The zero-order valence-electron chi connectivity index (χ0n) is 15.7. The van der Waals surface area contributed by atoms with Crippen LogP contribution >= 0.6 is 0 Å². The molecule has 1 aliphatic rings. The second-order valence-electron chi connectivity index (χ2n) is 8.11. The van der Waals surface area contributed by atoms with E-state index in [9.17, 15) is 14.4 Å². The van der Waals surface area contributed by atoms with Gasteiger partial charge < -0.3 is 19.5 Å². The van der Waals surface area contributed by atoms with Crippen LogP contribution in [0.15, 0.2) is 0 Å². The van der Waals surface area contributed by atoms with Gasteiger partial charge in [0.25, 0.3) is 0 Å². The molecular weight excluding hydrogens is 332 g/mol. The molecule has 0 aliphatic carbocycles. The van der Waals surface area contributed by atoms with Crippen LogP contribution in [-0.4, -0.2) is 58.1 Å². The Morgan fingerprint density at radius 3 is 2.12 bits per heavy atom. The Morgan fingerprint density at radius 1 is 1.08 bits per heavy atom. The molecule has 1 unspecified atom stereocenters. The summed E-state index contributed by atoms with van der Waals surface area (Å²) in [5, 5.41) is 9.14. The minimum atomic E-state index is -1.24. The number of rotatable bonds is 4. The number of ether oxygens (including phenoxy) is 2. The minimum Gasteiger partial charge on any atom is -0.481 e. The highest BCUT2D eigenvalue weighted by Crippen LogP contribution is 2.29. The van der Waals surface area contributed by atoms with Crippen LogP contribution in [0.3, 0.4) is 0 Å². The second kappa shape index (κ2) is 7.47. The number of carbonyl (C=O) groups excluding carboxylic acids is 2. The van der Waals surface area contributed by atoms with E-state index in [1.807, 2.05) is 0 Å². The van der Waals surface area contributed by atoms with Crippen LogP contribution in [0.25, 0.3) is 0 Å². The van der Waals surface area contributed by atoms with Crippen molar-refractivity contribution in [3.05, 3.63) is 0 Å². The SMILES string of the molecule is CC(C)(C)OC(=O)NOC1(CC(=O)O)CCN(C(=O)OC(C)(C)C)C1. The van der Waals surface area contributed by atoms with E-state index < -0.39 is 35.0 Å². The third-order valence-electron chi connectivity index (χ3n) is 3.19. The van der Waals surface area contributed by atoms with Gasteiger partial charge in [-0.3, -0.25) is 9.63 Å². The van der Waals surface area contributed by atoms with E-state index in [0.717, 1.165) is 0 Å². The predicted octanol–water partition coefficient (Wildman–Crippen LogP) is 2.30. The van der Waals surface area contributed by atoms with Gasteiger partial charge in [0.1, 0.15) is 16.8 Å². The number of hydrogen-bond donors (Lipinski definition) is 2. The molecular formula is C16H28N2O7. The third-order valence-corrected chi connectivity index (χ3v) is 3.19. The number of aliphatic carboxylic acids is 1. The zero-order valence-corrected chi connectivity index (χ0v) is 15.7. The summed E-state index contributed by atoms with van der Waals surface area (Å²) < 4.78 is 10.3. The average Bonchev–Trinajstić information content (AvgIpc) is 2.76. The smallest absolute Gasteiger partial charge is 0.431 e. The van der Waals surface area contributed by atoms with Crippen LogP contribution in [0, 0.1) is 0 Å². The van der Waals surface area contributed by atoms with Gasteiger partial charge in [-0.05, 0) is 48.0 Å². The molecule has 0 aromatic rings. The van der Waals surface area contributed by atoms with Crippen molar-refractivity contribution in [2.45, 2.75) is 71.2 Å². The lowest BCUT2D eigenvalue weighted by Crippen LogP contribution is -2.46. The normalized spacial score (nSPS) is 21.0. The van der Waals surface area contributed by atoms with Crippen LogP contribution in [-0.2, 0) is 19.1 Å². The van der Waals surface area contributed by atoms with Crippen LogP contribution in [0.2, 0.25) is 0 Å². The number of carbonyl (C=O) groups is 3. The summed E-state index contributed by atoms with van der Waals surface area (Å²) in [7, 11) is 0. The number of nitrogens with one attached hydrogen (secondary N) is 1. The summed E-state index contributed by atoms with van der Waals surface area (Å²) in [5.74, 6) is -1.10.